The van der Waals surface area contributed by atoms with Gasteiger partial charge >= 0.3 is 0 Å². The van der Waals surface area contributed by atoms with E-state index in [2.05, 4.69) is 89.4 Å². The number of para-hydroxylation sites is 2. The summed E-state index contributed by atoms with van der Waals surface area (Å²) in [6, 6.07) is 23.3. The highest BCUT2D eigenvalue weighted by molar-refractivity contribution is 5.84. The molecular formula is C32H35N5O. The van der Waals surface area contributed by atoms with E-state index in [1.54, 1.807) is 0 Å². The zero-order valence-corrected chi connectivity index (χ0v) is 22.4. The predicted octanol–water partition coefficient (Wildman–Crippen LogP) is 6.73. The lowest BCUT2D eigenvalue weighted by Crippen LogP contribution is -2.18. The van der Waals surface area contributed by atoms with Crippen LogP contribution in [0, 0.1) is 13.8 Å². The maximum absolute atomic E-state index is 9.48. The molecule has 1 aromatic heterocycles. The summed E-state index contributed by atoms with van der Waals surface area (Å²) in [6.07, 6.45) is 7.27. The number of nitrogens with one attached hydrogen (secondary N) is 1. The normalized spacial score (nSPS) is 12.8. The molecule has 0 spiro atoms. The fourth-order valence-electron chi connectivity index (χ4n) is 4.93. The van der Waals surface area contributed by atoms with E-state index in [4.69, 9.17) is 9.98 Å². The molecular weight excluding hydrogens is 470 g/mol. The number of aliphatic hydroxyl groups excluding tert-OH is 1. The lowest BCUT2D eigenvalue weighted by molar-refractivity contribution is 0.278. The van der Waals surface area contributed by atoms with Crippen LogP contribution in [0.2, 0.25) is 0 Å². The Bertz CT molecular complexity index is 1570. The van der Waals surface area contributed by atoms with E-state index >= 15 is 0 Å². The first-order valence-electron chi connectivity index (χ1n) is 13.4. The number of benzene rings is 3. The highest BCUT2D eigenvalue weighted by Crippen LogP contribution is 2.30. The molecule has 0 fully saturated rings. The number of pyridine rings is 1. The minimum absolute atomic E-state index is 0.127. The Morgan fingerprint density at radius 1 is 0.947 bits per heavy atom. The van der Waals surface area contributed by atoms with Gasteiger partial charge in [0.1, 0.15) is 0 Å². The molecule has 1 unspecified atom stereocenters. The molecule has 2 N–H and O–H groups in total. The van der Waals surface area contributed by atoms with E-state index < -0.39 is 0 Å². The largest absolute Gasteiger partial charge is 0.396 e. The van der Waals surface area contributed by atoms with Gasteiger partial charge in [0.25, 0.3) is 0 Å². The molecule has 1 aliphatic heterocycles. The number of aliphatic hydroxyl groups is 1. The van der Waals surface area contributed by atoms with Gasteiger partial charge in [0, 0.05) is 18.5 Å². The number of fused-ring (bicyclic) bond motifs is 2. The molecule has 0 bridgehead atoms. The lowest BCUT2D eigenvalue weighted by atomic mass is 10.1. The third kappa shape index (κ3) is 5.60. The second-order valence-corrected chi connectivity index (χ2v) is 9.94. The van der Waals surface area contributed by atoms with Crippen molar-refractivity contribution in [2.24, 2.45) is 4.99 Å². The highest BCUT2D eigenvalue weighted by Gasteiger charge is 2.17. The van der Waals surface area contributed by atoms with Crippen molar-refractivity contribution in [3.8, 4) is 17.1 Å². The Hall–Kier alpha value is -4.03. The van der Waals surface area contributed by atoms with Gasteiger partial charge < -0.3 is 15.0 Å². The monoisotopic (exact) mass is 505 g/mol. The average molecular weight is 506 g/mol. The summed E-state index contributed by atoms with van der Waals surface area (Å²) in [7, 11) is 0. The summed E-state index contributed by atoms with van der Waals surface area (Å²) in [6.45, 7) is 6.50. The Labute approximate surface area is 224 Å². The molecule has 2 heterocycles. The molecule has 1 aliphatic carbocycles. The molecule has 38 heavy (non-hydrogen) atoms. The van der Waals surface area contributed by atoms with Crippen LogP contribution < -0.4 is 10.7 Å². The van der Waals surface area contributed by atoms with Crippen molar-refractivity contribution < 1.29 is 5.11 Å². The van der Waals surface area contributed by atoms with Crippen LogP contribution in [0.25, 0.3) is 28.1 Å². The summed E-state index contributed by atoms with van der Waals surface area (Å²) in [4.78, 5) is 14.7. The molecule has 0 saturated carbocycles. The minimum atomic E-state index is 0.127. The maximum Gasteiger partial charge on any atom is 0.0900 e. The molecule has 6 heteroatoms. The summed E-state index contributed by atoms with van der Waals surface area (Å²) in [5.41, 5.74) is 9.05. The standard InChI is InChI=1S/C32H35N5O/c1-4-8-24(9-7-16-38)34-29-19-32-30(18-28(29)35-25-17-23(3)20-33-21-25)36-27-10-5-6-11-31(27)37(32)26-14-12-22(2)13-15-26/h5-6,10-15,17-21,24,35,38H,4,7-9,16H2,1-3H3. The Morgan fingerprint density at radius 2 is 1.76 bits per heavy atom. The molecule has 0 amide bonds. The number of hydrogen-bond donors (Lipinski definition) is 2. The van der Waals surface area contributed by atoms with Gasteiger partial charge in [0.05, 0.1) is 51.4 Å². The van der Waals surface area contributed by atoms with E-state index in [9.17, 15) is 5.11 Å². The van der Waals surface area contributed by atoms with Crippen LogP contribution in [-0.4, -0.2) is 32.3 Å². The van der Waals surface area contributed by atoms with Crippen LogP contribution in [0.5, 0.6) is 0 Å². The average Bonchev–Trinajstić information content (AvgIpc) is 2.91. The Morgan fingerprint density at radius 3 is 2.53 bits per heavy atom. The van der Waals surface area contributed by atoms with E-state index in [-0.39, 0.29) is 12.6 Å². The zero-order chi connectivity index (χ0) is 26.5. The number of aryl methyl sites for hydroxylation is 2. The summed E-state index contributed by atoms with van der Waals surface area (Å²) < 4.78 is 2.27. The minimum Gasteiger partial charge on any atom is -0.396 e. The molecule has 194 valence electrons. The van der Waals surface area contributed by atoms with Crippen molar-refractivity contribution in [1.29, 1.82) is 0 Å². The molecule has 2 aromatic carbocycles. The summed E-state index contributed by atoms with van der Waals surface area (Å²) >= 11 is 0. The second-order valence-electron chi connectivity index (χ2n) is 9.94. The molecule has 1 atom stereocenters. The van der Waals surface area contributed by atoms with Crippen LogP contribution in [0.15, 0.2) is 84.1 Å². The van der Waals surface area contributed by atoms with E-state index in [0.717, 1.165) is 76.1 Å². The van der Waals surface area contributed by atoms with Gasteiger partial charge in [0.2, 0.25) is 0 Å². The second kappa shape index (κ2) is 11.6. The molecule has 3 aromatic rings. The van der Waals surface area contributed by atoms with Crippen molar-refractivity contribution in [2.75, 3.05) is 11.9 Å². The van der Waals surface area contributed by atoms with Crippen molar-refractivity contribution in [3.05, 3.63) is 95.6 Å². The fraction of sp³-hybridized carbons (Fsp3) is 0.281. The first-order chi connectivity index (χ1) is 18.6. The Kier molecular flexibility index (Phi) is 7.80. The third-order valence-corrected chi connectivity index (χ3v) is 6.78. The lowest BCUT2D eigenvalue weighted by Gasteiger charge is -2.21. The van der Waals surface area contributed by atoms with E-state index in [1.807, 2.05) is 25.4 Å². The fourth-order valence-corrected chi connectivity index (χ4v) is 4.93. The van der Waals surface area contributed by atoms with Crippen molar-refractivity contribution in [1.82, 2.24) is 14.5 Å². The van der Waals surface area contributed by atoms with Crippen molar-refractivity contribution in [2.45, 2.75) is 52.5 Å². The number of anilines is 2. The van der Waals surface area contributed by atoms with E-state index in [1.165, 1.54) is 5.56 Å². The number of aromatic nitrogens is 3. The van der Waals surface area contributed by atoms with Gasteiger partial charge in [0.15, 0.2) is 0 Å². The van der Waals surface area contributed by atoms with Gasteiger partial charge in [-0.3, -0.25) is 9.98 Å². The van der Waals surface area contributed by atoms with E-state index in [0.29, 0.717) is 0 Å². The molecule has 5 rings (SSSR count). The Balaban J connectivity index is 1.78. The molecule has 2 aliphatic rings. The zero-order valence-electron chi connectivity index (χ0n) is 22.4. The molecule has 6 nitrogen and oxygen atoms in total. The first kappa shape index (κ1) is 25.6. The maximum atomic E-state index is 9.48. The van der Waals surface area contributed by atoms with Gasteiger partial charge in [-0.25, -0.2) is 4.98 Å². The third-order valence-electron chi connectivity index (χ3n) is 6.78. The SMILES string of the molecule is CCCC(CCCO)N=c1cc2n(-c3ccc(C)cc3)c3ccccc3nc-2cc1Nc1cncc(C)c1. The summed E-state index contributed by atoms with van der Waals surface area (Å²) in [5, 5.41) is 13.9. The predicted molar refractivity (Wildman–Crippen MR) is 155 cm³/mol. The number of rotatable bonds is 9. The smallest absolute Gasteiger partial charge is 0.0900 e. The van der Waals surface area contributed by atoms with Gasteiger partial charge in [-0.2, -0.15) is 0 Å². The molecule has 0 radical (unpaired) electrons. The number of hydrogen-bond acceptors (Lipinski definition) is 5. The van der Waals surface area contributed by atoms with Crippen LogP contribution in [0.1, 0.15) is 43.7 Å². The van der Waals surface area contributed by atoms with Crippen LogP contribution in [0.4, 0.5) is 11.4 Å². The van der Waals surface area contributed by atoms with Crippen LogP contribution in [-0.2, 0) is 0 Å². The summed E-state index contributed by atoms with van der Waals surface area (Å²) in [5.74, 6) is 0. The van der Waals surface area contributed by atoms with Gasteiger partial charge in [-0.15, -0.1) is 0 Å². The quantitative estimate of drug-likeness (QED) is 0.218. The highest BCUT2D eigenvalue weighted by atomic mass is 16.2. The van der Waals surface area contributed by atoms with Gasteiger partial charge in [-0.1, -0.05) is 43.2 Å². The van der Waals surface area contributed by atoms with Crippen molar-refractivity contribution >= 4 is 22.4 Å². The first-order valence-corrected chi connectivity index (χ1v) is 13.4. The van der Waals surface area contributed by atoms with Crippen molar-refractivity contribution in [3.63, 3.8) is 0 Å². The number of nitrogens with zero attached hydrogens (tertiary/aromatic N) is 4. The molecule has 0 saturated heterocycles. The van der Waals surface area contributed by atoms with Crippen LogP contribution in [0.3, 0.4) is 0 Å². The topological polar surface area (TPSA) is 75.3 Å². The van der Waals surface area contributed by atoms with Gasteiger partial charge in [-0.05, 0) is 81.1 Å². The van der Waals surface area contributed by atoms with Crippen LogP contribution >= 0.6 is 0 Å².